The zero-order valence-corrected chi connectivity index (χ0v) is 10.8. The third-order valence-electron chi connectivity index (χ3n) is 2.27. The molecule has 12 heavy (non-hydrogen) atoms. The summed E-state index contributed by atoms with van der Waals surface area (Å²) in [4.78, 5) is 0. The Morgan fingerprint density at radius 2 is 0.917 bits per heavy atom. The van der Waals surface area contributed by atoms with E-state index >= 15 is 0 Å². The Kier molecular flexibility index (Phi) is 3.53. The van der Waals surface area contributed by atoms with E-state index in [1.165, 1.54) is 0 Å². The van der Waals surface area contributed by atoms with Gasteiger partial charge in [0.05, 0.1) is 0 Å². The van der Waals surface area contributed by atoms with Gasteiger partial charge in [-0.3, -0.25) is 0 Å². The predicted octanol–water partition coefficient (Wildman–Crippen LogP) is 2.31. The SMILES string of the molecule is C[SiH](C)[C]1C=C[C]([SiH](C)C)C=C1. The molecule has 0 saturated carbocycles. The van der Waals surface area contributed by atoms with Crippen LogP contribution < -0.4 is 0 Å². The lowest BCUT2D eigenvalue weighted by Crippen LogP contribution is -2.18. The second kappa shape index (κ2) is 4.24. The maximum atomic E-state index is 2.38. The van der Waals surface area contributed by atoms with E-state index < -0.39 is 17.6 Å². The largest absolute Gasteiger partial charge is 0.0802 e. The molecular weight excluding hydrogens is 176 g/mol. The molecule has 0 aromatic rings. The summed E-state index contributed by atoms with van der Waals surface area (Å²) in [7, 11) is -1.13. The number of hydrogen-bond acceptors (Lipinski definition) is 0. The first kappa shape index (κ1) is 10.00. The van der Waals surface area contributed by atoms with Crippen molar-refractivity contribution >= 4 is 17.6 Å². The molecule has 0 unspecified atom stereocenters. The molecule has 0 N–H and O–H groups in total. The van der Waals surface area contributed by atoms with Gasteiger partial charge in [-0.2, -0.15) is 0 Å². The molecule has 66 valence electrons. The van der Waals surface area contributed by atoms with Gasteiger partial charge < -0.3 is 0 Å². The molecular formula is C10H18Si2. The summed E-state index contributed by atoms with van der Waals surface area (Å²) in [6.07, 6.45) is 9.33. The molecule has 0 saturated heterocycles. The van der Waals surface area contributed by atoms with Crippen LogP contribution in [0.1, 0.15) is 0 Å². The smallest absolute Gasteiger partial charge is 0.0478 e. The van der Waals surface area contributed by atoms with Crippen molar-refractivity contribution in [3.05, 3.63) is 35.4 Å². The van der Waals surface area contributed by atoms with E-state index in [1.807, 2.05) is 0 Å². The fraction of sp³-hybridized carbons (Fsp3) is 0.400. The molecule has 1 rings (SSSR count). The molecule has 0 fully saturated rings. The van der Waals surface area contributed by atoms with Crippen LogP contribution in [-0.2, 0) is 0 Å². The fourth-order valence-corrected chi connectivity index (χ4v) is 3.19. The van der Waals surface area contributed by atoms with Crippen LogP contribution in [0.2, 0.25) is 26.2 Å². The molecule has 0 aromatic carbocycles. The van der Waals surface area contributed by atoms with Crippen molar-refractivity contribution in [1.82, 2.24) is 0 Å². The van der Waals surface area contributed by atoms with Gasteiger partial charge in [-0.15, -0.1) is 0 Å². The molecule has 0 spiro atoms. The normalized spacial score (nSPS) is 19.8. The van der Waals surface area contributed by atoms with Crippen molar-refractivity contribution in [2.24, 2.45) is 0 Å². The van der Waals surface area contributed by atoms with Crippen molar-refractivity contribution in [2.75, 3.05) is 0 Å². The van der Waals surface area contributed by atoms with Crippen LogP contribution in [0, 0.1) is 11.1 Å². The van der Waals surface area contributed by atoms with Crippen molar-refractivity contribution in [2.45, 2.75) is 26.2 Å². The first-order chi connectivity index (χ1) is 5.61. The van der Waals surface area contributed by atoms with Crippen LogP contribution in [0.5, 0.6) is 0 Å². The monoisotopic (exact) mass is 194 g/mol. The Morgan fingerprint density at radius 1 is 0.667 bits per heavy atom. The predicted molar refractivity (Wildman–Crippen MR) is 62.5 cm³/mol. The highest BCUT2D eigenvalue weighted by Crippen LogP contribution is 2.21. The summed E-state index contributed by atoms with van der Waals surface area (Å²) in [5, 5.41) is 0. The molecule has 1 aliphatic rings. The van der Waals surface area contributed by atoms with Gasteiger partial charge >= 0.3 is 0 Å². The third-order valence-corrected chi connectivity index (χ3v) is 5.71. The molecule has 0 heterocycles. The average molecular weight is 194 g/mol. The molecule has 0 amide bonds. The summed E-state index contributed by atoms with van der Waals surface area (Å²) < 4.78 is 0. The molecule has 0 atom stereocenters. The third kappa shape index (κ3) is 2.45. The van der Waals surface area contributed by atoms with Gasteiger partial charge in [0.2, 0.25) is 0 Å². The highest BCUT2D eigenvalue weighted by atomic mass is 28.3. The van der Waals surface area contributed by atoms with E-state index in [-0.39, 0.29) is 0 Å². The number of rotatable bonds is 2. The number of allylic oxidation sites excluding steroid dienone is 4. The van der Waals surface area contributed by atoms with E-state index in [4.69, 9.17) is 0 Å². The molecule has 0 nitrogen and oxygen atoms in total. The quantitative estimate of drug-likeness (QED) is 0.592. The zero-order chi connectivity index (χ0) is 9.14. The lowest BCUT2D eigenvalue weighted by Gasteiger charge is -2.19. The van der Waals surface area contributed by atoms with Gasteiger partial charge in [0.25, 0.3) is 0 Å². The molecule has 0 aliphatic heterocycles. The van der Waals surface area contributed by atoms with Gasteiger partial charge in [-0.1, -0.05) is 50.5 Å². The summed E-state index contributed by atoms with van der Waals surface area (Å²) in [6, 6.07) is 0. The average Bonchev–Trinajstić information content (AvgIpc) is 2.04. The second-order valence-corrected chi connectivity index (χ2v) is 9.93. The highest BCUT2D eigenvalue weighted by Gasteiger charge is 2.16. The summed E-state index contributed by atoms with van der Waals surface area (Å²) >= 11 is 0. The molecule has 1 aliphatic carbocycles. The van der Waals surface area contributed by atoms with Gasteiger partial charge in [0.1, 0.15) is 0 Å². The van der Waals surface area contributed by atoms with Crippen LogP contribution in [0.4, 0.5) is 0 Å². The Morgan fingerprint density at radius 3 is 1.08 bits per heavy atom. The van der Waals surface area contributed by atoms with E-state index in [0.29, 0.717) is 0 Å². The topological polar surface area (TPSA) is 0 Å². The molecule has 0 aromatic heterocycles. The Hall–Kier alpha value is -0.0862. The lowest BCUT2D eigenvalue weighted by atomic mass is 10.2. The van der Waals surface area contributed by atoms with E-state index in [2.05, 4.69) is 50.5 Å². The van der Waals surface area contributed by atoms with Gasteiger partial charge in [0, 0.05) is 28.7 Å². The van der Waals surface area contributed by atoms with Gasteiger partial charge in [-0.25, -0.2) is 0 Å². The molecule has 0 bridgehead atoms. The Labute approximate surface area is 79.6 Å². The standard InChI is InChI=1S/C10H18Si2/c1-11(2)9-5-7-10(8-6-9)12(3)4/h5-8,11-12H,1-4H3. The minimum absolute atomic E-state index is 0.565. The molecule has 2 radical (unpaired) electrons. The van der Waals surface area contributed by atoms with E-state index in [1.54, 1.807) is 11.1 Å². The van der Waals surface area contributed by atoms with Crippen molar-refractivity contribution < 1.29 is 0 Å². The summed E-state index contributed by atoms with van der Waals surface area (Å²) in [5.41, 5.74) is 3.18. The second-order valence-electron chi connectivity index (χ2n) is 3.98. The van der Waals surface area contributed by atoms with Crippen LogP contribution in [0.3, 0.4) is 0 Å². The van der Waals surface area contributed by atoms with Crippen LogP contribution in [-0.4, -0.2) is 17.6 Å². The van der Waals surface area contributed by atoms with Crippen molar-refractivity contribution in [1.29, 1.82) is 0 Å². The zero-order valence-electron chi connectivity index (χ0n) is 8.46. The van der Waals surface area contributed by atoms with Gasteiger partial charge in [0.15, 0.2) is 0 Å². The molecule has 2 heteroatoms. The minimum atomic E-state index is -0.565. The van der Waals surface area contributed by atoms with Gasteiger partial charge in [-0.05, 0) is 0 Å². The fourth-order valence-electron chi connectivity index (χ4n) is 1.27. The maximum absolute atomic E-state index is 2.38. The van der Waals surface area contributed by atoms with Crippen LogP contribution >= 0.6 is 0 Å². The van der Waals surface area contributed by atoms with Crippen molar-refractivity contribution in [3.8, 4) is 0 Å². The first-order valence-electron chi connectivity index (χ1n) is 4.71. The first-order valence-corrected chi connectivity index (χ1v) is 10.5. The Balaban J connectivity index is 2.54. The summed E-state index contributed by atoms with van der Waals surface area (Å²) in [5.74, 6) is 0. The highest BCUT2D eigenvalue weighted by molar-refractivity contribution is 6.65. The number of hydrogen-bond donors (Lipinski definition) is 0. The van der Waals surface area contributed by atoms with E-state index in [9.17, 15) is 0 Å². The van der Waals surface area contributed by atoms with Crippen molar-refractivity contribution in [3.63, 3.8) is 0 Å². The van der Waals surface area contributed by atoms with E-state index in [0.717, 1.165) is 0 Å². The minimum Gasteiger partial charge on any atom is -0.0802 e. The maximum Gasteiger partial charge on any atom is 0.0478 e. The summed E-state index contributed by atoms with van der Waals surface area (Å²) in [6.45, 7) is 9.51. The van der Waals surface area contributed by atoms with Crippen LogP contribution in [0.15, 0.2) is 24.3 Å². The van der Waals surface area contributed by atoms with Crippen LogP contribution in [0.25, 0.3) is 0 Å². The Bertz CT molecular complexity index is 158. The lowest BCUT2D eigenvalue weighted by molar-refractivity contribution is 1.43.